The average molecular weight is 448 g/mol. The van der Waals surface area contributed by atoms with Crippen molar-refractivity contribution in [2.75, 3.05) is 11.9 Å². The van der Waals surface area contributed by atoms with Crippen molar-refractivity contribution in [3.8, 4) is 6.07 Å². The summed E-state index contributed by atoms with van der Waals surface area (Å²) in [7, 11) is 0. The van der Waals surface area contributed by atoms with E-state index in [-0.39, 0.29) is 37.4 Å². The number of benzene rings is 2. The van der Waals surface area contributed by atoms with Gasteiger partial charge in [-0.1, -0.05) is 12.1 Å². The number of anilines is 1. The number of rotatable bonds is 8. The topological polar surface area (TPSA) is 89.6 Å². The molecule has 0 spiro atoms. The molecule has 3 rings (SSSR count). The molecule has 0 unspecified atom stereocenters. The molecule has 2 aromatic carbocycles. The molecule has 0 bridgehead atoms. The van der Waals surface area contributed by atoms with Gasteiger partial charge in [0.05, 0.1) is 24.4 Å². The predicted molar refractivity (Wildman–Crippen MR) is 121 cm³/mol. The fraction of sp³-hybridized carbons (Fsp3) is 0.240. The Hall–Kier alpha value is -4.12. The SMILES string of the molecule is CC(C)N(CC(=O)N(Cc1ccc(F)cc1)Cc1ccco1)C(=O)Nc1ccc(C#N)cc1. The number of carbonyl (C=O) groups excluding carboxylic acids is 2. The van der Waals surface area contributed by atoms with Crippen molar-refractivity contribution in [1.82, 2.24) is 9.80 Å². The van der Waals surface area contributed by atoms with E-state index >= 15 is 0 Å². The molecular weight excluding hydrogens is 423 g/mol. The largest absolute Gasteiger partial charge is 0.467 e. The number of amides is 3. The standard InChI is InChI=1S/C25H25FN4O3/c1-18(2)30(25(32)28-22-11-7-19(14-27)8-12-22)17-24(31)29(16-23-4-3-13-33-23)15-20-5-9-21(26)10-6-20/h3-13,18H,15-17H2,1-2H3,(H,28,32). The molecule has 1 aromatic heterocycles. The molecule has 0 aliphatic rings. The number of hydrogen-bond acceptors (Lipinski definition) is 4. The van der Waals surface area contributed by atoms with Crippen LogP contribution in [0.25, 0.3) is 0 Å². The van der Waals surface area contributed by atoms with Gasteiger partial charge in [-0.05, 0) is 67.9 Å². The molecule has 7 nitrogen and oxygen atoms in total. The summed E-state index contributed by atoms with van der Waals surface area (Å²) in [4.78, 5) is 29.1. The van der Waals surface area contributed by atoms with Crippen molar-refractivity contribution in [3.63, 3.8) is 0 Å². The zero-order valence-corrected chi connectivity index (χ0v) is 18.5. The van der Waals surface area contributed by atoms with Gasteiger partial charge in [-0.2, -0.15) is 5.26 Å². The molecule has 0 radical (unpaired) electrons. The minimum absolute atomic E-state index is 0.151. The Morgan fingerprint density at radius 3 is 2.33 bits per heavy atom. The predicted octanol–water partition coefficient (Wildman–Crippen LogP) is 4.76. The third-order valence-electron chi connectivity index (χ3n) is 5.02. The Bertz CT molecular complexity index is 1100. The highest BCUT2D eigenvalue weighted by Gasteiger charge is 2.24. The van der Waals surface area contributed by atoms with E-state index in [1.807, 2.05) is 19.9 Å². The van der Waals surface area contributed by atoms with Crippen molar-refractivity contribution in [2.24, 2.45) is 0 Å². The summed E-state index contributed by atoms with van der Waals surface area (Å²) in [5, 5.41) is 11.7. The molecule has 0 saturated heterocycles. The first-order valence-electron chi connectivity index (χ1n) is 10.5. The lowest BCUT2D eigenvalue weighted by Gasteiger charge is -2.30. The van der Waals surface area contributed by atoms with Crippen molar-refractivity contribution in [3.05, 3.63) is 89.6 Å². The molecule has 3 amide bonds. The van der Waals surface area contributed by atoms with Crippen LogP contribution in [0.2, 0.25) is 0 Å². The maximum absolute atomic E-state index is 13.3. The molecule has 1 N–H and O–H groups in total. The number of furan rings is 1. The van der Waals surface area contributed by atoms with Crippen LogP contribution in [0.1, 0.15) is 30.7 Å². The zero-order valence-electron chi connectivity index (χ0n) is 18.5. The van der Waals surface area contributed by atoms with E-state index in [1.54, 1.807) is 53.4 Å². The molecule has 33 heavy (non-hydrogen) atoms. The van der Waals surface area contributed by atoms with E-state index in [0.29, 0.717) is 17.0 Å². The fourth-order valence-corrected chi connectivity index (χ4v) is 3.19. The third kappa shape index (κ3) is 6.68. The van der Waals surface area contributed by atoms with E-state index in [4.69, 9.17) is 9.68 Å². The van der Waals surface area contributed by atoms with Crippen LogP contribution in [0.15, 0.2) is 71.3 Å². The van der Waals surface area contributed by atoms with E-state index in [1.165, 1.54) is 23.3 Å². The molecule has 0 saturated carbocycles. The molecule has 0 fully saturated rings. The Labute approximate surface area is 192 Å². The highest BCUT2D eigenvalue weighted by atomic mass is 19.1. The van der Waals surface area contributed by atoms with E-state index in [0.717, 1.165) is 5.56 Å². The van der Waals surface area contributed by atoms with Gasteiger partial charge in [-0.3, -0.25) is 4.79 Å². The summed E-state index contributed by atoms with van der Waals surface area (Å²) >= 11 is 0. The first-order valence-corrected chi connectivity index (χ1v) is 10.5. The Kier molecular flexibility index (Phi) is 7.82. The maximum atomic E-state index is 13.3. The summed E-state index contributed by atoms with van der Waals surface area (Å²) in [6, 6.07) is 17.3. The van der Waals surface area contributed by atoms with Crippen LogP contribution in [0.3, 0.4) is 0 Å². The smallest absolute Gasteiger partial charge is 0.322 e. The molecular formula is C25H25FN4O3. The second-order valence-corrected chi connectivity index (χ2v) is 7.80. The molecule has 170 valence electrons. The van der Waals surface area contributed by atoms with Crippen LogP contribution < -0.4 is 5.32 Å². The lowest BCUT2D eigenvalue weighted by molar-refractivity contribution is -0.133. The molecule has 0 aliphatic carbocycles. The highest BCUT2D eigenvalue weighted by molar-refractivity contribution is 5.92. The van der Waals surface area contributed by atoms with Gasteiger partial charge in [0.15, 0.2) is 0 Å². The van der Waals surface area contributed by atoms with Crippen LogP contribution in [0.5, 0.6) is 0 Å². The number of carbonyl (C=O) groups is 2. The number of hydrogen-bond donors (Lipinski definition) is 1. The zero-order chi connectivity index (χ0) is 23.8. The Morgan fingerprint density at radius 1 is 1.06 bits per heavy atom. The molecule has 0 atom stereocenters. The third-order valence-corrected chi connectivity index (χ3v) is 5.02. The lowest BCUT2D eigenvalue weighted by atomic mass is 10.2. The monoisotopic (exact) mass is 448 g/mol. The number of halogens is 1. The van der Waals surface area contributed by atoms with Crippen LogP contribution in [0.4, 0.5) is 14.9 Å². The number of nitrogens with one attached hydrogen (secondary N) is 1. The second-order valence-electron chi connectivity index (χ2n) is 7.80. The van der Waals surface area contributed by atoms with Gasteiger partial charge in [-0.25, -0.2) is 9.18 Å². The van der Waals surface area contributed by atoms with Gasteiger partial charge < -0.3 is 19.5 Å². The van der Waals surface area contributed by atoms with Gasteiger partial charge in [0.25, 0.3) is 0 Å². The van der Waals surface area contributed by atoms with E-state index in [9.17, 15) is 14.0 Å². The van der Waals surface area contributed by atoms with Crippen molar-refractivity contribution < 1.29 is 18.4 Å². The minimum atomic E-state index is -0.428. The van der Waals surface area contributed by atoms with Gasteiger partial charge in [0.1, 0.15) is 18.1 Å². The maximum Gasteiger partial charge on any atom is 0.322 e. The van der Waals surface area contributed by atoms with E-state index in [2.05, 4.69) is 5.32 Å². The lowest BCUT2D eigenvalue weighted by Crippen LogP contribution is -2.47. The molecule has 1 heterocycles. The fourth-order valence-electron chi connectivity index (χ4n) is 3.19. The van der Waals surface area contributed by atoms with Crippen LogP contribution in [0, 0.1) is 17.1 Å². The Morgan fingerprint density at radius 2 is 1.76 bits per heavy atom. The van der Waals surface area contributed by atoms with Gasteiger partial charge in [0, 0.05) is 18.3 Å². The van der Waals surface area contributed by atoms with Gasteiger partial charge in [-0.15, -0.1) is 0 Å². The molecule has 3 aromatic rings. The first kappa shape index (κ1) is 23.5. The van der Waals surface area contributed by atoms with Crippen LogP contribution >= 0.6 is 0 Å². The van der Waals surface area contributed by atoms with Crippen molar-refractivity contribution in [1.29, 1.82) is 5.26 Å². The Balaban J connectivity index is 1.73. The van der Waals surface area contributed by atoms with Gasteiger partial charge in [0.2, 0.25) is 5.91 Å². The highest BCUT2D eigenvalue weighted by Crippen LogP contribution is 2.15. The summed E-state index contributed by atoms with van der Waals surface area (Å²) < 4.78 is 18.7. The summed E-state index contributed by atoms with van der Waals surface area (Å²) in [6.45, 7) is 3.95. The molecule has 8 heteroatoms. The first-order chi connectivity index (χ1) is 15.9. The summed E-state index contributed by atoms with van der Waals surface area (Å²) in [5.74, 6) is -0.0314. The molecule has 0 aliphatic heterocycles. The van der Waals surface area contributed by atoms with Crippen molar-refractivity contribution >= 4 is 17.6 Å². The van der Waals surface area contributed by atoms with Gasteiger partial charge >= 0.3 is 6.03 Å². The minimum Gasteiger partial charge on any atom is -0.467 e. The summed E-state index contributed by atoms with van der Waals surface area (Å²) in [5.41, 5.74) is 1.77. The summed E-state index contributed by atoms with van der Waals surface area (Å²) in [6.07, 6.45) is 1.53. The number of urea groups is 1. The average Bonchev–Trinajstić information content (AvgIpc) is 3.31. The number of nitriles is 1. The van der Waals surface area contributed by atoms with Crippen molar-refractivity contribution in [2.45, 2.75) is 33.0 Å². The van der Waals surface area contributed by atoms with E-state index < -0.39 is 6.03 Å². The normalized spacial score (nSPS) is 10.5. The van der Waals surface area contributed by atoms with Crippen LogP contribution in [-0.4, -0.2) is 34.3 Å². The van der Waals surface area contributed by atoms with Crippen LogP contribution in [-0.2, 0) is 17.9 Å². The second kappa shape index (κ2) is 11.0. The number of nitrogens with zero attached hydrogens (tertiary/aromatic N) is 3. The quantitative estimate of drug-likeness (QED) is 0.538.